The third kappa shape index (κ3) is 3.38. The second-order valence-corrected chi connectivity index (χ2v) is 5.40. The molecule has 0 spiro atoms. The van der Waals surface area contributed by atoms with Crippen LogP contribution in [0.3, 0.4) is 0 Å². The van der Waals surface area contributed by atoms with Gasteiger partial charge in [0.1, 0.15) is 5.54 Å². The van der Waals surface area contributed by atoms with Crippen molar-refractivity contribution in [3.63, 3.8) is 0 Å². The van der Waals surface area contributed by atoms with E-state index in [0.717, 1.165) is 32.5 Å². The first kappa shape index (κ1) is 15.0. The van der Waals surface area contributed by atoms with E-state index < -0.39 is 5.54 Å². The van der Waals surface area contributed by atoms with Crippen LogP contribution in [0.25, 0.3) is 0 Å². The number of nitrogens with one attached hydrogen (secondary N) is 1. The smallest absolute Gasteiger partial charge is 0.327 e. The molecule has 0 radical (unpaired) electrons. The van der Waals surface area contributed by atoms with Gasteiger partial charge >= 0.3 is 5.97 Å². The molecule has 1 aliphatic rings. The zero-order valence-electron chi connectivity index (χ0n) is 12.4. The highest BCUT2D eigenvalue weighted by molar-refractivity contribution is 5.81. The Morgan fingerprint density at radius 3 is 2.80 bits per heavy atom. The van der Waals surface area contributed by atoms with E-state index >= 15 is 0 Å². The standard InChI is InChI=1S/C16H24N2O2/c1-3-17-16(15(19)20-2)10-7-11-18(13-16)12-14-8-5-4-6-9-14/h4-6,8-9,17H,3,7,10-13H2,1-2H3. The van der Waals surface area contributed by atoms with Gasteiger partial charge in [-0.15, -0.1) is 0 Å². The van der Waals surface area contributed by atoms with Gasteiger partial charge in [0, 0.05) is 13.1 Å². The van der Waals surface area contributed by atoms with Crippen LogP contribution in [0.4, 0.5) is 0 Å². The topological polar surface area (TPSA) is 41.6 Å². The van der Waals surface area contributed by atoms with Crippen LogP contribution in [0, 0.1) is 0 Å². The van der Waals surface area contributed by atoms with Gasteiger partial charge in [0.2, 0.25) is 0 Å². The van der Waals surface area contributed by atoms with E-state index in [2.05, 4.69) is 34.5 Å². The molecule has 0 aromatic heterocycles. The number of hydrogen-bond donors (Lipinski definition) is 1. The molecule has 0 aliphatic carbocycles. The summed E-state index contributed by atoms with van der Waals surface area (Å²) in [6.07, 6.45) is 1.85. The van der Waals surface area contributed by atoms with Crippen molar-refractivity contribution in [1.82, 2.24) is 10.2 Å². The fourth-order valence-corrected chi connectivity index (χ4v) is 3.04. The van der Waals surface area contributed by atoms with Crippen LogP contribution in [0.1, 0.15) is 25.3 Å². The normalized spacial score (nSPS) is 23.5. The van der Waals surface area contributed by atoms with E-state index in [1.807, 2.05) is 13.0 Å². The van der Waals surface area contributed by atoms with Gasteiger partial charge in [0.15, 0.2) is 0 Å². The number of carbonyl (C=O) groups excluding carboxylic acids is 1. The van der Waals surface area contributed by atoms with Crippen molar-refractivity contribution in [1.29, 1.82) is 0 Å². The quantitative estimate of drug-likeness (QED) is 0.833. The minimum Gasteiger partial charge on any atom is -0.468 e. The third-order valence-electron chi connectivity index (χ3n) is 3.91. The van der Waals surface area contributed by atoms with Gasteiger partial charge in [-0.05, 0) is 31.5 Å². The van der Waals surface area contributed by atoms with E-state index in [-0.39, 0.29) is 5.97 Å². The van der Waals surface area contributed by atoms with E-state index in [1.165, 1.54) is 12.7 Å². The van der Waals surface area contributed by atoms with Gasteiger partial charge in [-0.25, -0.2) is 0 Å². The monoisotopic (exact) mass is 276 g/mol. The molecule has 1 aromatic carbocycles. The van der Waals surface area contributed by atoms with Crippen molar-refractivity contribution >= 4 is 5.97 Å². The van der Waals surface area contributed by atoms with Crippen LogP contribution in [-0.2, 0) is 16.1 Å². The zero-order valence-corrected chi connectivity index (χ0v) is 12.4. The summed E-state index contributed by atoms with van der Waals surface area (Å²) in [6.45, 7) is 5.42. The number of rotatable bonds is 5. The molecule has 1 atom stereocenters. The maximum atomic E-state index is 12.2. The van der Waals surface area contributed by atoms with Crippen LogP contribution in [0.5, 0.6) is 0 Å². The highest BCUT2D eigenvalue weighted by Gasteiger charge is 2.42. The average molecular weight is 276 g/mol. The van der Waals surface area contributed by atoms with E-state index in [9.17, 15) is 4.79 Å². The molecule has 0 bridgehead atoms. The molecule has 0 saturated carbocycles. The van der Waals surface area contributed by atoms with Gasteiger partial charge in [0.25, 0.3) is 0 Å². The lowest BCUT2D eigenvalue weighted by Gasteiger charge is -2.41. The molecule has 1 heterocycles. The molecule has 1 N–H and O–H groups in total. The number of esters is 1. The molecule has 20 heavy (non-hydrogen) atoms. The van der Waals surface area contributed by atoms with Crippen LogP contribution in [-0.4, -0.2) is 43.2 Å². The summed E-state index contributed by atoms with van der Waals surface area (Å²) >= 11 is 0. The fraction of sp³-hybridized carbons (Fsp3) is 0.562. The summed E-state index contributed by atoms with van der Waals surface area (Å²) < 4.78 is 5.02. The zero-order chi connectivity index (χ0) is 14.4. The van der Waals surface area contributed by atoms with Crippen LogP contribution < -0.4 is 5.32 Å². The summed E-state index contributed by atoms with van der Waals surface area (Å²) in [5.41, 5.74) is 0.737. The Morgan fingerprint density at radius 2 is 2.15 bits per heavy atom. The van der Waals surface area contributed by atoms with Crippen molar-refractivity contribution in [3.8, 4) is 0 Å². The van der Waals surface area contributed by atoms with Gasteiger partial charge < -0.3 is 10.1 Å². The van der Waals surface area contributed by atoms with Crippen LogP contribution >= 0.6 is 0 Å². The maximum absolute atomic E-state index is 12.2. The SMILES string of the molecule is CCNC1(C(=O)OC)CCCN(Cc2ccccc2)C1. The highest BCUT2D eigenvalue weighted by Crippen LogP contribution is 2.24. The first-order valence-corrected chi connectivity index (χ1v) is 7.30. The van der Waals surface area contributed by atoms with Crippen LogP contribution in [0.15, 0.2) is 30.3 Å². The minimum atomic E-state index is -0.545. The molecular weight excluding hydrogens is 252 g/mol. The summed E-state index contributed by atoms with van der Waals surface area (Å²) in [5.74, 6) is -0.142. The molecule has 1 fully saturated rings. The fourth-order valence-electron chi connectivity index (χ4n) is 3.04. The maximum Gasteiger partial charge on any atom is 0.327 e. The number of benzene rings is 1. The van der Waals surface area contributed by atoms with Gasteiger partial charge in [-0.3, -0.25) is 9.69 Å². The van der Waals surface area contributed by atoms with E-state index in [1.54, 1.807) is 0 Å². The molecule has 4 heteroatoms. The molecule has 4 nitrogen and oxygen atoms in total. The molecule has 1 aromatic rings. The lowest BCUT2D eigenvalue weighted by molar-refractivity contribution is -0.151. The Morgan fingerprint density at radius 1 is 1.40 bits per heavy atom. The molecular formula is C16H24N2O2. The number of ether oxygens (including phenoxy) is 1. The summed E-state index contributed by atoms with van der Waals surface area (Å²) in [5, 5.41) is 3.35. The summed E-state index contributed by atoms with van der Waals surface area (Å²) in [7, 11) is 1.47. The Kier molecular flexibility index (Phi) is 5.15. The summed E-state index contributed by atoms with van der Waals surface area (Å²) in [4.78, 5) is 14.5. The lowest BCUT2D eigenvalue weighted by Crippen LogP contribution is -2.62. The van der Waals surface area contributed by atoms with E-state index in [0.29, 0.717) is 6.54 Å². The number of methoxy groups -OCH3 is 1. The third-order valence-corrected chi connectivity index (χ3v) is 3.91. The Balaban J connectivity index is 2.07. The minimum absolute atomic E-state index is 0.142. The molecule has 2 rings (SSSR count). The number of likely N-dealkylation sites (tertiary alicyclic amines) is 1. The van der Waals surface area contributed by atoms with Crippen molar-refractivity contribution in [2.45, 2.75) is 31.8 Å². The number of piperidine rings is 1. The Bertz CT molecular complexity index is 431. The summed E-state index contributed by atoms with van der Waals surface area (Å²) in [6, 6.07) is 10.4. The van der Waals surface area contributed by atoms with Gasteiger partial charge in [-0.1, -0.05) is 37.3 Å². The molecule has 1 unspecified atom stereocenters. The predicted molar refractivity (Wildman–Crippen MR) is 79.4 cm³/mol. The van der Waals surface area contributed by atoms with Crippen molar-refractivity contribution in [3.05, 3.63) is 35.9 Å². The van der Waals surface area contributed by atoms with Crippen LogP contribution in [0.2, 0.25) is 0 Å². The molecule has 0 amide bonds. The van der Waals surface area contributed by atoms with Crippen molar-refractivity contribution in [2.75, 3.05) is 26.7 Å². The van der Waals surface area contributed by atoms with E-state index in [4.69, 9.17) is 4.74 Å². The number of likely N-dealkylation sites (N-methyl/N-ethyl adjacent to an activating group) is 1. The van der Waals surface area contributed by atoms with Crippen molar-refractivity contribution in [2.24, 2.45) is 0 Å². The number of carbonyl (C=O) groups is 1. The average Bonchev–Trinajstić information content (AvgIpc) is 2.48. The Labute approximate surface area is 121 Å². The molecule has 1 saturated heterocycles. The Hall–Kier alpha value is -1.39. The second kappa shape index (κ2) is 6.86. The van der Waals surface area contributed by atoms with Gasteiger partial charge in [0.05, 0.1) is 7.11 Å². The van der Waals surface area contributed by atoms with Gasteiger partial charge in [-0.2, -0.15) is 0 Å². The molecule has 110 valence electrons. The second-order valence-electron chi connectivity index (χ2n) is 5.40. The predicted octanol–water partition coefficient (Wildman–Crippen LogP) is 1.80. The molecule has 1 aliphatic heterocycles. The number of nitrogens with zero attached hydrogens (tertiary/aromatic N) is 1. The first-order valence-electron chi connectivity index (χ1n) is 7.30. The lowest BCUT2D eigenvalue weighted by atomic mass is 9.88. The number of hydrogen-bond acceptors (Lipinski definition) is 4. The van der Waals surface area contributed by atoms with Crippen molar-refractivity contribution < 1.29 is 9.53 Å². The largest absolute Gasteiger partial charge is 0.468 e. The first-order chi connectivity index (χ1) is 9.70. The highest BCUT2D eigenvalue weighted by atomic mass is 16.5.